The second kappa shape index (κ2) is 8.60. The van der Waals surface area contributed by atoms with E-state index in [1.54, 1.807) is 0 Å². The van der Waals surface area contributed by atoms with Crippen LogP contribution >= 0.6 is 11.6 Å². The zero-order valence-corrected chi connectivity index (χ0v) is 18.8. The lowest BCUT2D eigenvalue weighted by molar-refractivity contribution is 0.0979. The molecule has 3 atom stereocenters. The topological polar surface area (TPSA) is 68.4 Å². The number of halogens is 1. The number of likely N-dealkylation sites (tertiary alicyclic amines) is 1. The summed E-state index contributed by atoms with van der Waals surface area (Å²) in [7, 11) is 0. The molecule has 1 fully saturated rings. The van der Waals surface area contributed by atoms with E-state index in [0.717, 1.165) is 49.7 Å². The van der Waals surface area contributed by atoms with E-state index in [0.29, 0.717) is 29.8 Å². The number of rotatable bonds is 6. The van der Waals surface area contributed by atoms with Gasteiger partial charge < -0.3 is 15.2 Å². The number of piperidine rings is 1. The van der Waals surface area contributed by atoms with Crippen LogP contribution in [0.4, 0.5) is 4.79 Å². The summed E-state index contributed by atoms with van der Waals surface area (Å²) in [6, 6.07) is 4.33. The maximum atomic E-state index is 12.7. The molecule has 0 bridgehead atoms. The van der Waals surface area contributed by atoms with Gasteiger partial charge in [0.25, 0.3) is 0 Å². The van der Waals surface area contributed by atoms with Gasteiger partial charge in [0.05, 0.1) is 0 Å². The zero-order valence-electron chi connectivity index (χ0n) is 18.0. The summed E-state index contributed by atoms with van der Waals surface area (Å²) in [5, 5.41) is 5.12. The zero-order chi connectivity index (χ0) is 21.4. The van der Waals surface area contributed by atoms with Crippen LogP contribution in [-0.4, -0.2) is 65.4 Å². The third-order valence-corrected chi connectivity index (χ3v) is 7.09. The lowest BCUT2D eigenvalue weighted by Crippen LogP contribution is -2.57. The van der Waals surface area contributed by atoms with Crippen LogP contribution in [0.1, 0.15) is 61.0 Å². The fourth-order valence-corrected chi connectivity index (χ4v) is 5.70. The summed E-state index contributed by atoms with van der Waals surface area (Å²) in [6.45, 7) is 9.42. The van der Waals surface area contributed by atoms with Gasteiger partial charge in [0, 0.05) is 54.1 Å². The molecule has 1 aliphatic heterocycles. The van der Waals surface area contributed by atoms with Crippen molar-refractivity contribution in [1.29, 1.82) is 0 Å². The molecule has 1 aromatic heterocycles. The number of nitrogens with zero attached hydrogens (tertiary/aromatic N) is 2. The molecule has 2 heterocycles. The van der Waals surface area contributed by atoms with Gasteiger partial charge in [0.1, 0.15) is 11.4 Å². The predicted octanol–water partition coefficient (Wildman–Crippen LogP) is 4.18. The predicted molar refractivity (Wildman–Crippen MR) is 121 cm³/mol. The summed E-state index contributed by atoms with van der Waals surface area (Å²) < 4.78 is 0. The molecule has 7 heteroatoms. The van der Waals surface area contributed by atoms with Gasteiger partial charge in [-0.25, -0.2) is 4.79 Å². The van der Waals surface area contributed by atoms with Crippen molar-refractivity contribution < 1.29 is 9.59 Å². The molecule has 2 amide bonds. The molecule has 0 spiro atoms. The van der Waals surface area contributed by atoms with Gasteiger partial charge in [0.2, 0.25) is 0 Å². The Morgan fingerprint density at radius 3 is 2.77 bits per heavy atom. The summed E-state index contributed by atoms with van der Waals surface area (Å²) in [6.07, 6.45) is 3.73. The van der Waals surface area contributed by atoms with E-state index in [9.17, 15) is 9.59 Å². The minimum atomic E-state index is 0.00729. The number of carbonyl (C=O) groups excluding carboxylic acids is 2. The van der Waals surface area contributed by atoms with Gasteiger partial charge in [-0.1, -0.05) is 18.5 Å². The van der Waals surface area contributed by atoms with Gasteiger partial charge in [-0.3, -0.25) is 9.69 Å². The molecule has 162 valence electrons. The Labute approximate surface area is 182 Å². The molecule has 0 unspecified atom stereocenters. The van der Waals surface area contributed by atoms with Gasteiger partial charge in [-0.15, -0.1) is 0 Å². The molecular formula is C23H31ClN4O2. The van der Waals surface area contributed by atoms with E-state index in [2.05, 4.69) is 22.1 Å². The molecule has 0 saturated carbocycles. The molecule has 6 nitrogen and oxygen atoms in total. The van der Waals surface area contributed by atoms with Gasteiger partial charge in [-0.2, -0.15) is 0 Å². The van der Waals surface area contributed by atoms with E-state index in [4.69, 9.17) is 11.6 Å². The summed E-state index contributed by atoms with van der Waals surface area (Å²) in [5.74, 6) is 0.258. The monoisotopic (exact) mass is 430 g/mol. The van der Waals surface area contributed by atoms with Gasteiger partial charge >= 0.3 is 6.03 Å². The van der Waals surface area contributed by atoms with E-state index in [1.807, 2.05) is 30.9 Å². The Balaban J connectivity index is 1.71. The Hall–Kier alpha value is -2.05. The molecule has 1 saturated heterocycles. The van der Waals surface area contributed by atoms with Crippen LogP contribution in [0.25, 0.3) is 10.9 Å². The Morgan fingerprint density at radius 2 is 2.10 bits per heavy atom. The molecule has 1 aliphatic carbocycles. The number of aromatic nitrogens is 1. The first-order valence-electron chi connectivity index (χ1n) is 11.1. The number of benzene rings is 1. The fraction of sp³-hybridized carbons (Fsp3) is 0.565. The van der Waals surface area contributed by atoms with Crippen molar-refractivity contribution in [3.05, 3.63) is 34.0 Å². The highest BCUT2D eigenvalue weighted by atomic mass is 35.5. The molecule has 30 heavy (non-hydrogen) atoms. The Kier molecular flexibility index (Phi) is 6.07. The summed E-state index contributed by atoms with van der Waals surface area (Å²) in [5.41, 5.74) is 3.95. The van der Waals surface area contributed by atoms with Crippen LogP contribution < -0.4 is 5.32 Å². The van der Waals surface area contributed by atoms with Crippen molar-refractivity contribution in [3.8, 4) is 0 Å². The second-order valence-corrected chi connectivity index (χ2v) is 8.87. The molecule has 2 aromatic rings. The fourth-order valence-electron chi connectivity index (χ4n) is 5.43. The van der Waals surface area contributed by atoms with Crippen LogP contribution in [0, 0.1) is 0 Å². The van der Waals surface area contributed by atoms with Gasteiger partial charge in [-0.05, 0) is 62.9 Å². The third kappa shape index (κ3) is 3.60. The third-order valence-electron chi connectivity index (χ3n) is 6.77. The first-order chi connectivity index (χ1) is 14.5. The molecule has 2 N–H and O–H groups in total. The van der Waals surface area contributed by atoms with Crippen LogP contribution in [0.3, 0.4) is 0 Å². The number of hydrogen-bond donors (Lipinski definition) is 2. The maximum Gasteiger partial charge on any atom is 0.317 e. The SMILES string of the molecule is CCCN1C[C@@H](NC(=O)N(CC)CC)C[C@@H]2c3cc(C=O)cc4[nH]c(Cl)c(c34)C[C@H]21. The number of carbonyl (C=O) groups is 2. The number of hydrogen-bond acceptors (Lipinski definition) is 3. The summed E-state index contributed by atoms with van der Waals surface area (Å²) >= 11 is 6.56. The minimum Gasteiger partial charge on any atom is -0.345 e. The van der Waals surface area contributed by atoms with Gasteiger partial charge in [0.15, 0.2) is 0 Å². The van der Waals surface area contributed by atoms with E-state index in [1.165, 1.54) is 10.9 Å². The number of aromatic amines is 1. The average molecular weight is 431 g/mol. The van der Waals surface area contributed by atoms with Crippen molar-refractivity contribution in [2.75, 3.05) is 26.2 Å². The number of fused-ring (bicyclic) bond motifs is 2. The number of urea groups is 1. The van der Waals surface area contributed by atoms with Crippen molar-refractivity contribution >= 4 is 34.8 Å². The molecule has 1 aromatic carbocycles. The Bertz CT molecular complexity index is 952. The van der Waals surface area contributed by atoms with Crippen LogP contribution in [0.2, 0.25) is 5.15 Å². The van der Waals surface area contributed by atoms with E-state index >= 15 is 0 Å². The molecule has 2 aliphatic rings. The standard InChI is InChI=1S/C23H31ClN4O2/c1-4-7-28-12-15(25-23(30)27(5-2)6-3)10-16-17-8-14(13-29)9-19-21(17)18(11-20(16)28)22(24)26-19/h8-9,13,15-16,20,26H,4-7,10-12H2,1-3H3,(H,25,30)/t15-,16+,20+/m0/s1. The Morgan fingerprint density at radius 1 is 1.33 bits per heavy atom. The summed E-state index contributed by atoms with van der Waals surface area (Å²) in [4.78, 5) is 31.9. The maximum absolute atomic E-state index is 12.7. The van der Waals surface area contributed by atoms with Crippen LogP contribution in [0.15, 0.2) is 12.1 Å². The van der Waals surface area contributed by atoms with Crippen molar-refractivity contribution in [3.63, 3.8) is 0 Å². The normalized spacial score (nSPS) is 23.3. The van der Waals surface area contributed by atoms with E-state index in [-0.39, 0.29) is 18.0 Å². The molecule has 0 radical (unpaired) electrons. The quantitative estimate of drug-likeness (QED) is 0.675. The first kappa shape index (κ1) is 21.2. The van der Waals surface area contributed by atoms with Crippen LogP contribution in [0.5, 0.6) is 0 Å². The molecule has 4 rings (SSSR count). The molecular weight excluding hydrogens is 400 g/mol. The lowest BCUT2D eigenvalue weighted by atomic mass is 9.73. The first-order valence-corrected chi connectivity index (χ1v) is 11.5. The van der Waals surface area contributed by atoms with Crippen molar-refractivity contribution in [2.24, 2.45) is 0 Å². The highest BCUT2D eigenvalue weighted by Crippen LogP contribution is 2.46. The number of nitrogens with one attached hydrogen (secondary N) is 2. The van der Waals surface area contributed by atoms with Crippen LogP contribution in [-0.2, 0) is 6.42 Å². The second-order valence-electron chi connectivity index (χ2n) is 8.50. The largest absolute Gasteiger partial charge is 0.345 e. The number of H-pyrrole nitrogens is 1. The highest BCUT2D eigenvalue weighted by molar-refractivity contribution is 6.32. The lowest BCUT2D eigenvalue weighted by Gasteiger charge is -2.47. The number of aldehydes is 1. The van der Waals surface area contributed by atoms with E-state index < -0.39 is 0 Å². The highest BCUT2D eigenvalue weighted by Gasteiger charge is 2.42. The average Bonchev–Trinajstić information content (AvgIpc) is 3.05. The smallest absolute Gasteiger partial charge is 0.317 e. The number of amides is 2. The van der Waals surface area contributed by atoms with Crippen molar-refractivity contribution in [2.45, 2.75) is 58.0 Å². The minimum absolute atomic E-state index is 0.00729. The van der Waals surface area contributed by atoms with Crippen molar-refractivity contribution in [1.82, 2.24) is 20.1 Å².